The first-order valence-electron chi connectivity index (χ1n) is 7.09. The van der Waals surface area contributed by atoms with Gasteiger partial charge in [-0.2, -0.15) is 5.10 Å². The summed E-state index contributed by atoms with van der Waals surface area (Å²) in [6.07, 6.45) is 5.22. The van der Waals surface area contributed by atoms with Gasteiger partial charge < -0.3 is 5.32 Å². The highest BCUT2D eigenvalue weighted by molar-refractivity contribution is 5.91. The van der Waals surface area contributed by atoms with Crippen molar-refractivity contribution in [2.75, 3.05) is 0 Å². The van der Waals surface area contributed by atoms with E-state index in [1.54, 1.807) is 10.8 Å². The summed E-state index contributed by atoms with van der Waals surface area (Å²) in [5.41, 5.74) is 3.17. The quantitative estimate of drug-likeness (QED) is 0.858. The summed E-state index contributed by atoms with van der Waals surface area (Å²) in [5, 5.41) is 7.02. The van der Waals surface area contributed by atoms with Crippen LogP contribution in [-0.2, 0) is 18.4 Å². The van der Waals surface area contributed by atoms with Crippen molar-refractivity contribution in [3.8, 4) is 0 Å². The summed E-state index contributed by atoms with van der Waals surface area (Å²) in [6.45, 7) is 4.77. The van der Waals surface area contributed by atoms with E-state index in [-0.39, 0.29) is 5.91 Å². The van der Waals surface area contributed by atoms with E-state index < -0.39 is 0 Å². The smallest absolute Gasteiger partial charge is 0.244 e. The van der Waals surface area contributed by atoms with Crippen LogP contribution in [0.4, 0.5) is 0 Å². The topological polar surface area (TPSA) is 46.9 Å². The minimum absolute atomic E-state index is 0.117. The van der Waals surface area contributed by atoms with Gasteiger partial charge in [-0.1, -0.05) is 38.1 Å². The van der Waals surface area contributed by atoms with Crippen molar-refractivity contribution >= 4 is 12.0 Å². The number of carbonyl (C=O) groups excluding carboxylic acids is 1. The fraction of sp³-hybridized carbons (Fsp3) is 0.294. The highest BCUT2D eigenvalue weighted by Gasteiger charge is 2.00. The van der Waals surface area contributed by atoms with E-state index in [1.807, 2.05) is 37.5 Å². The fourth-order valence-electron chi connectivity index (χ4n) is 1.96. The van der Waals surface area contributed by atoms with Crippen LogP contribution in [0.3, 0.4) is 0 Å². The summed E-state index contributed by atoms with van der Waals surface area (Å²) in [6, 6.07) is 10.1. The number of carbonyl (C=O) groups is 1. The van der Waals surface area contributed by atoms with Gasteiger partial charge in [0.1, 0.15) is 0 Å². The van der Waals surface area contributed by atoms with Gasteiger partial charge in [-0.15, -0.1) is 0 Å². The predicted molar refractivity (Wildman–Crippen MR) is 84.6 cm³/mol. The Bertz CT molecular complexity index is 624. The van der Waals surface area contributed by atoms with Gasteiger partial charge in [0.25, 0.3) is 0 Å². The van der Waals surface area contributed by atoms with Crippen LogP contribution in [0.15, 0.2) is 42.6 Å². The lowest BCUT2D eigenvalue weighted by Crippen LogP contribution is -2.20. The molecule has 0 saturated heterocycles. The molecule has 0 spiro atoms. The molecule has 0 bridgehead atoms. The van der Waals surface area contributed by atoms with Crippen LogP contribution in [0.2, 0.25) is 0 Å². The zero-order chi connectivity index (χ0) is 15.2. The van der Waals surface area contributed by atoms with Crippen LogP contribution in [-0.4, -0.2) is 15.7 Å². The van der Waals surface area contributed by atoms with E-state index >= 15 is 0 Å². The van der Waals surface area contributed by atoms with Gasteiger partial charge in [0, 0.05) is 19.3 Å². The van der Waals surface area contributed by atoms with E-state index in [4.69, 9.17) is 0 Å². The van der Waals surface area contributed by atoms with Crippen molar-refractivity contribution in [3.05, 3.63) is 59.4 Å². The highest BCUT2D eigenvalue weighted by atomic mass is 16.1. The second-order valence-electron chi connectivity index (χ2n) is 5.35. The first-order chi connectivity index (χ1) is 10.0. The average Bonchev–Trinajstić information content (AvgIpc) is 2.89. The Morgan fingerprint density at radius 2 is 2.00 bits per heavy atom. The molecule has 2 rings (SSSR count). The van der Waals surface area contributed by atoms with Crippen LogP contribution in [0.1, 0.15) is 36.6 Å². The number of benzene rings is 1. The molecular formula is C17H21N3O. The number of hydrogen-bond acceptors (Lipinski definition) is 2. The van der Waals surface area contributed by atoms with Crippen LogP contribution < -0.4 is 5.32 Å². The summed E-state index contributed by atoms with van der Waals surface area (Å²) in [7, 11) is 1.85. The Hall–Kier alpha value is -2.36. The number of hydrogen-bond donors (Lipinski definition) is 1. The number of rotatable bonds is 5. The van der Waals surface area contributed by atoms with E-state index in [2.05, 4.69) is 36.4 Å². The van der Waals surface area contributed by atoms with Crippen molar-refractivity contribution < 1.29 is 4.79 Å². The fourth-order valence-corrected chi connectivity index (χ4v) is 1.96. The van der Waals surface area contributed by atoms with Gasteiger partial charge in [0.2, 0.25) is 5.91 Å². The van der Waals surface area contributed by atoms with E-state index in [0.29, 0.717) is 12.5 Å². The second-order valence-corrected chi connectivity index (χ2v) is 5.35. The number of amides is 1. The number of aromatic nitrogens is 2. The van der Waals surface area contributed by atoms with Crippen LogP contribution in [0.5, 0.6) is 0 Å². The maximum atomic E-state index is 11.7. The lowest BCUT2D eigenvalue weighted by Gasteiger charge is -2.04. The van der Waals surface area contributed by atoms with Crippen molar-refractivity contribution in [1.82, 2.24) is 15.1 Å². The first kappa shape index (κ1) is 15.0. The third-order valence-corrected chi connectivity index (χ3v) is 3.24. The minimum Gasteiger partial charge on any atom is -0.347 e. The number of nitrogens with zero attached hydrogens (tertiary/aromatic N) is 2. The molecule has 0 unspecified atom stereocenters. The SMILES string of the molecule is CC(C)c1ccc(/C=C/C(=O)NCc2ccn(C)n2)cc1. The maximum Gasteiger partial charge on any atom is 0.244 e. The molecule has 0 aliphatic heterocycles. The van der Waals surface area contributed by atoms with Crippen molar-refractivity contribution in [3.63, 3.8) is 0 Å². The lowest BCUT2D eigenvalue weighted by molar-refractivity contribution is -0.116. The molecule has 0 aliphatic rings. The molecule has 0 radical (unpaired) electrons. The normalized spacial score (nSPS) is 11.2. The maximum absolute atomic E-state index is 11.7. The molecule has 110 valence electrons. The molecule has 1 N–H and O–H groups in total. The van der Waals surface area contributed by atoms with Crippen molar-refractivity contribution in [2.24, 2.45) is 7.05 Å². The third kappa shape index (κ3) is 4.60. The van der Waals surface area contributed by atoms with Crippen molar-refractivity contribution in [2.45, 2.75) is 26.3 Å². The molecule has 1 aromatic heterocycles. The Labute approximate surface area is 125 Å². The van der Waals surface area contributed by atoms with Crippen LogP contribution in [0.25, 0.3) is 6.08 Å². The standard InChI is InChI=1S/C17H21N3O/c1-13(2)15-7-4-14(5-8-15)6-9-17(21)18-12-16-10-11-20(3)19-16/h4-11,13H,12H2,1-3H3,(H,18,21)/b9-6+. The van der Waals surface area contributed by atoms with Crippen LogP contribution >= 0.6 is 0 Å². The number of nitrogens with one attached hydrogen (secondary N) is 1. The van der Waals surface area contributed by atoms with E-state index in [1.165, 1.54) is 5.56 Å². The molecule has 21 heavy (non-hydrogen) atoms. The molecular weight excluding hydrogens is 262 g/mol. The largest absolute Gasteiger partial charge is 0.347 e. The lowest BCUT2D eigenvalue weighted by atomic mass is 10.0. The van der Waals surface area contributed by atoms with Gasteiger partial charge in [-0.3, -0.25) is 9.48 Å². The second kappa shape index (κ2) is 6.88. The molecule has 1 amide bonds. The van der Waals surface area contributed by atoms with E-state index in [9.17, 15) is 4.79 Å². The van der Waals surface area contributed by atoms with Gasteiger partial charge >= 0.3 is 0 Å². The Morgan fingerprint density at radius 3 is 2.57 bits per heavy atom. The molecule has 0 fully saturated rings. The molecule has 4 heteroatoms. The Balaban J connectivity index is 1.86. The monoisotopic (exact) mass is 283 g/mol. The summed E-state index contributed by atoms with van der Waals surface area (Å²) < 4.78 is 1.72. The predicted octanol–water partition coefficient (Wildman–Crippen LogP) is 2.87. The van der Waals surface area contributed by atoms with E-state index in [0.717, 1.165) is 11.3 Å². The highest BCUT2D eigenvalue weighted by Crippen LogP contribution is 2.15. The van der Waals surface area contributed by atoms with Gasteiger partial charge in [-0.25, -0.2) is 0 Å². The van der Waals surface area contributed by atoms with Gasteiger partial charge in [-0.05, 0) is 29.2 Å². The molecule has 1 heterocycles. The summed E-state index contributed by atoms with van der Waals surface area (Å²) in [5.74, 6) is 0.401. The molecule has 2 aromatic rings. The zero-order valence-corrected chi connectivity index (χ0v) is 12.7. The summed E-state index contributed by atoms with van der Waals surface area (Å²) in [4.78, 5) is 11.7. The Morgan fingerprint density at radius 1 is 1.29 bits per heavy atom. The average molecular weight is 283 g/mol. The van der Waals surface area contributed by atoms with Crippen molar-refractivity contribution in [1.29, 1.82) is 0 Å². The van der Waals surface area contributed by atoms with Crippen LogP contribution in [0, 0.1) is 0 Å². The van der Waals surface area contributed by atoms with Gasteiger partial charge in [0.05, 0.1) is 12.2 Å². The third-order valence-electron chi connectivity index (χ3n) is 3.24. The Kier molecular flexibility index (Phi) is 4.93. The molecule has 0 saturated carbocycles. The van der Waals surface area contributed by atoms with Gasteiger partial charge in [0.15, 0.2) is 0 Å². The number of aryl methyl sites for hydroxylation is 1. The molecule has 1 aromatic carbocycles. The first-order valence-corrected chi connectivity index (χ1v) is 7.09. The minimum atomic E-state index is -0.117. The molecule has 4 nitrogen and oxygen atoms in total. The summed E-state index contributed by atoms with van der Waals surface area (Å²) >= 11 is 0. The zero-order valence-electron chi connectivity index (χ0n) is 12.7. The molecule has 0 atom stereocenters. The molecule has 0 aliphatic carbocycles.